The highest BCUT2D eigenvalue weighted by Gasteiger charge is 2.35. The predicted octanol–water partition coefficient (Wildman–Crippen LogP) is 4.18. The van der Waals surface area contributed by atoms with Crippen molar-refractivity contribution in [3.05, 3.63) is 90.0 Å². The van der Waals surface area contributed by atoms with Gasteiger partial charge in [-0.25, -0.2) is 8.42 Å². The molecule has 0 radical (unpaired) electrons. The summed E-state index contributed by atoms with van der Waals surface area (Å²) in [4.78, 5) is 31.2. The van der Waals surface area contributed by atoms with Crippen LogP contribution in [-0.4, -0.2) is 56.7 Å². The molecule has 2 amide bonds. The van der Waals surface area contributed by atoms with Crippen LogP contribution in [0.15, 0.2) is 83.9 Å². The van der Waals surface area contributed by atoms with Gasteiger partial charge >= 0.3 is 0 Å². The van der Waals surface area contributed by atoms with E-state index in [2.05, 4.69) is 5.32 Å². The second kappa shape index (κ2) is 11.0. The number of amides is 2. The average Bonchev–Trinajstić information content (AvgIpc) is 3.21. The average molecular weight is 519 g/mol. The van der Waals surface area contributed by atoms with Gasteiger partial charge < -0.3 is 10.2 Å². The zero-order valence-corrected chi connectivity index (χ0v) is 21.9. The highest BCUT2D eigenvalue weighted by Crippen LogP contribution is 2.36. The van der Waals surface area contributed by atoms with Crippen molar-refractivity contribution in [3.63, 3.8) is 0 Å². The van der Waals surface area contributed by atoms with Crippen LogP contribution in [0.5, 0.6) is 0 Å². The largest absolute Gasteiger partial charge is 0.341 e. The molecule has 0 aliphatic carbocycles. The molecule has 9 heteroatoms. The Morgan fingerprint density at radius 3 is 2.22 bits per heavy atom. The molecule has 37 heavy (non-hydrogen) atoms. The van der Waals surface area contributed by atoms with Crippen LogP contribution in [0.2, 0.25) is 0 Å². The van der Waals surface area contributed by atoms with E-state index >= 15 is 0 Å². The number of benzene rings is 3. The number of hydrogen-bond acceptors (Lipinski definition) is 5. The van der Waals surface area contributed by atoms with Crippen LogP contribution in [0.1, 0.15) is 30.9 Å². The van der Waals surface area contributed by atoms with Gasteiger partial charge in [0, 0.05) is 25.7 Å². The van der Waals surface area contributed by atoms with Crippen LogP contribution in [0.4, 0.5) is 17.1 Å². The zero-order valence-electron chi connectivity index (χ0n) is 21.1. The normalized spacial score (nSPS) is 15.2. The quantitative estimate of drug-likeness (QED) is 0.430. The van der Waals surface area contributed by atoms with Crippen molar-refractivity contribution in [1.82, 2.24) is 4.90 Å². The molecule has 8 nitrogen and oxygen atoms in total. The minimum absolute atomic E-state index is 0.105. The van der Waals surface area contributed by atoms with E-state index in [4.69, 9.17) is 4.99 Å². The summed E-state index contributed by atoms with van der Waals surface area (Å²) in [6.45, 7) is 4.25. The second-order valence-electron chi connectivity index (χ2n) is 8.82. The molecule has 1 unspecified atom stereocenters. The maximum absolute atomic E-state index is 13.0. The number of rotatable bonds is 9. The number of sulfonamides is 1. The first-order valence-electron chi connectivity index (χ1n) is 12.1. The second-order valence-corrected chi connectivity index (χ2v) is 10.7. The monoisotopic (exact) mass is 518 g/mol. The third-order valence-corrected chi connectivity index (χ3v) is 7.52. The van der Waals surface area contributed by atoms with Gasteiger partial charge in [-0.1, -0.05) is 48.5 Å². The molecule has 0 aromatic heterocycles. The molecule has 0 fully saturated rings. The Morgan fingerprint density at radius 1 is 0.946 bits per heavy atom. The Balaban J connectivity index is 1.68. The fourth-order valence-corrected chi connectivity index (χ4v) is 5.37. The van der Waals surface area contributed by atoms with E-state index in [1.807, 2.05) is 61.5 Å². The molecule has 0 saturated heterocycles. The summed E-state index contributed by atoms with van der Waals surface area (Å²) < 4.78 is 26.3. The zero-order chi connectivity index (χ0) is 26.6. The highest BCUT2D eigenvalue weighted by molar-refractivity contribution is 7.92. The van der Waals surface area contributed by atoms with Crippen LogP contribution in [0.25, 0.3) is 0 Å². The summed E-state index contributed by atoms with van der Waals surface area (Å²) >= 11 is 0. The minimum atomic E-state index is -3.57. The van der Waals surface area contributed by atoms with Crippen LogP contribution in [0.3, 0.4) is 0 Å². The molecule has 4 rings (SSSR count). The molecule has 3 aromatic rings. The fraction of sp³-hybridized carbons (Fsp3) is 0.250. The van der Waals surface area contributed by atoms with Gasteiger partial charge in [0.25, 0.3) is 0 Å². The van der Waals surface area contributed by atoms with Crippen molar-refractivity contribution in [2.24, 2.45) is 4.99 Å². The molecule has 0 bridgehead atoms. The van der Waals surface area contributed by atoms with Gasteiger partial charge in [-0.3, -0.25) is 18.9 Å². The molecule has 1 N–H and O–H groups in total. The van der Waals surface area contributed by atoms with Crippen molar-refractivity contribution in [2.45, 2.75) is 19.8 Å². The van der Waals surface area contributed by atoms with E-state index in [9.17, 15) is 18.0 Å². The molecule has 0 saturated carbocycles. The third kappa shape index (κ3) is 5.89. The molecule has 1 atom stereocenters. The first-order chi connectivity index (χ1) is 17.7. The molecule has 1 aliphatic rings. The predicted molar refractivity (Wildman–Crippen MR) is 147 cm³/mol. The van der Waals surface area contributed by atoms with Crippen LogP contribution in [-0.2, 0) is 19.6 Å². The standard InChI is InChI=1S/C28H30N4O4S/c1-4-31(20(2)33)18-19-32(37(3,35)36)23-16-14-22(15-17-23)29-27(21-10-6-5-7-11-21)26-24-12-8-9-13-25(24)30-28(26)34/h5-17,26H,4,18-19H2,1-3H3,(H,30,34). The minimum Gasteiger partial charge on any atom is -0.341 e. The van der Waals surface area contributed by atoms with Crippen molar-refractivity contribution < 1.29 is 18.0 Å². The van der Waals surface area contributed by atoms with Gasteiger partial charge in [0.15, 0.2) is 0 Å². The topological polar surface area (TPSA) is 99.1 Å². The first kappa shape index (κ1) is 26.1. The van der Waals surface area contributed by atoms with Crippen LogP contribution < -0.4 is 9.62 Å². The van der Waals surface area contributed by atoms with E-state index in [1.165, 1.54) is 11.2 Å². The first-order valence-corrected chi connectivity index (χ1v) is 13.9. The molecule has 1 aliphatic heterocycles. The number of carbonyl (C=O) groups excluding carboxylic acids is 2. The van der Waals surface area contributed by atoms with Crippen LogP contribution >= 0.6 is 0 Å². The molecule has 3 aromatic carbocycles. The Morgan fingerprint density at radius 2 is 1.59 bits per heavy atom. The fourth-order valence-electron chi connectivity index (χ4n) is 4.45. The maximum atomic E-state index is 13.0. The lowest BCUT2D eigenvalue weighted by Gasteiger charge is -2.26. The van der Waals surface area contributed by atoms with Gasteiger partial charge in [-0.15, -0.1) is 0 Å². The number of fused-ring (bicyclic) bond motifs is 1. The summed E-state index contributed by atoms with van der Waals surface area (Å²) in [5.41, 5.74) is 4.13. The molecular weight excluding hydrogens is 488 g/mol. The number of nitrogens with one attached hydrogen (secondary N) is 1. The number of likely N-dealkylation sites (N-methyl/N-ethyl adjacent to an activating group) is 1. The summed E-state index contributed by atoms with van der Waals surface area (Å²) in [6, 6.07) is 24.0. The summed E-state index contributed by atoms with van der Waals surface area (Å²) in [5, 5.41) is 2.94. The Kier molecular flexibility index (Phi) is 7.73. The van der Waals surface area contributed by atoms with E-state index in [-0.39, 0.29) is 24.9 Å². The summed E-state index contributed by atoms with van der Waals surface area (Å²) in [7, 11) is -3.57. The van der Waals surface area contributed by atoms with Crippen LogP contribution in [0, 0.1) is 0 Å². The smallest absolute Gasteiger partial charge is 0.238 e. The van der Waals surface area contributed by atoms with Crippen molar-refractivity contribution in [2.75, 3.05) is 35.5 Å². The van der Waals surface area contributed by atoms with Crippen molar-refractivity contribution in [1.29, 1.82) is 0 Å². The highest BCUT2D eigenvalue weighted by atomic mass is 32.2. The van der Waals surface area contributed by atoms with Crippen molar-refractivity contribution in [3.8, 4) is 0 Å². The molecule has 0 spiro atoms. The SMILES string of the molecule is CCN(CCN(c1ccc(N=C(c2ccccc2)C2C(=O)Nc3ccccc32)cc1)S(C)(=O)=O)C(C)=O. The van der Waals surface area contributed by atoms with E-state index in [0.717, 1.165) is 23.1 Å². The number of para-hydroxylation sites is 1. The Hall–Kier alpha value is -3.98. The number of carbonyl (C=O) groups is 2. The van der Waals surface area contributed by atoms with Crippen molar-refractivity contribution >= 4 is 44.6 Å². The molecule has 1 heterocycles. The van der Waals surface area contributed by atoms with E-state index in [1.54, 1.807) is 29.2 Å². The Labute approximate surface area is 217 Å². The number of aliphatic imine (C=N–C) groups is 1. The van der Waals surface area contributed by atoms with E-state index < -0.39 is 15.9 Å². The van der Waals surface area contributed by atoms with Gasteiger partial charge in [-0.2, -0.15) is 0 Å². The number of hydrogen-bond donors (Lipinski definition) is 1. The third-order valence-electron chi connectivity index (χ3n) is 6.32. The summed E-state index contributed by atoms with van der Waals surface area (Å²) in [5.74, 6) is -0.821. The number of anilines is 2. The van der Waals surface area contributed by atoms with Gasteiger partial charge in [-0.05, 0) is 48.4 Å². The maximum Gasteiger partial charge on any atom is 0.238 e. The van der Waals surface area contributed by atoms with Gasteiger partial charge in [0.1, 0.15) is 5.92 Å². The number of nitrogens with zero attached hydrogens (tertiary/aromatic N) is 3. The van der Waals surface area contributed by atoms with Gasteiger partial charge in [0.2, 0.25) is 21.8 Å². The van der Waals surface area contributed by atoms with E-state index in [0.29, 0.717) is 23.6 Å². The van der Waals surface area contributed by atoms with Gasteiger partial charge in [0.05, 0.1) is 29.9 Å². The molecule has 192 valence electrons. The lowest BCUT2D eigenvalue weighted by molar-refractivity contribution is -0.128. The lowest BCUT2D eigenvalue weighted by atomic mass is 9.90. The summed E-state index contributed by atoms with van der Waals surface area (Å²) in [6.07, 6.45) is 1.15. The molecular formula is C28H30N4O4S. The Bertz CT molecular complexity index is 1420. The lowest BCUT2D eigenvalue weighted by Crippen LogP contribution is -2.40.